The van der Waals surface area contributed by atoms with Crippen molar-refractivity contribution in [1.29, 1.82) is 0 Å². The molecule has 3 rings (SSSR count). The zero-order valence-corrected chi connectivity index (χ0v) is 12.3. The molecular formula is C17H15FN2O3. The van der Waals surface area contributed by atoms with Crippen molar-refractivity contribution in [2.45, 2.75) is 12.8 Å². The van der Waals surface area contributed by atoms with Crippen LogP contribution in [0.1, 0.15) is 11.1 Å². The number of amides is 1. The number of aromatic amines is 1. The van der Waals surface area contributed by atoms with Crippen LogP contribution in [-0.2, 0) is 17.6 Å². The monoisotopic (exact) mass is 314 g/mol. The average Bonchev–Trinajstić information content (AvgIpc) is 2.86. The maximum absolute atomic E-state index is 13.1. The van der Waals surface area contributed by atoms with E-state index in [0.29, 0.717) is 29.6 Å². The SMILES string of the molecule is O=C(Cc1cccc(F)c1)NCCc1ccc2oc(=O)[nH]c2c1. The van der Waals surface area contributed by atoms with Crippen molar-refractivity contribution in [3.8, 4) is 0 Å². The summed E-state index contributed by atoms with van der Waals surface area (Å²) in [4.78, 5) is 25.5. The Balaban J connectivity index is 1.53. The number of halogens is 1. The molecule has 23 heavy (non-hydrogen) atoms. The van der Waals surface area contributed by atoms with Crippen LogP contribution in [0.15, 0.2) is 51.7 Å². The Morgan fingerprint density at radius 2 is 2.04 bits per heavy atom. The van der Waals surface area contributed by atoms with Crippen molar-refractivity contribution in [2.24, 2.45) is 0 Å². The van der Waals surface area contributed by atoms with Crippen molar-refractivity contribution in [2.75, 3.05) is 6.54 Å². The Morgan fingerprint density at radius 1 is 1.17 bits per heavy atom. The molecule has 0 unspecified atom stereocenters. The molecule has 0 bridgehead atoms. The molecule has 0 radical (unpaired) electrons. The first-order chi connectivity index (χ1) is 11.1. The first-order valence-corrected chi connectivity index (χ1v) is 7.23. The van der Waals surface area contributed by atoms with Crippen LogP contribution in [-0.4, -0.2) is 17.4 Å². The number of hydrogen-bond donors (Lipinski definition) is 2. The largest absolute Gasteiger partial charge is 0.417 e. The maximum atomic E-state index is 13.1. The smallest absolute Gasteiger partial charge is 0.408 e. The van der Waals surface area contributed by atoms with E-state index < -0.39 is 5.76 Å². The number of benzene rings is 2. The Hall–Kier alpha value is -2.89. The van der Waals surface area contributed by atoms with Crippen molar-refractivity contribution in [1.82, 2.24) is 10.3 Å². The predicted molar refractivity (Wildman–Crippen MR) is 83.7 cm³/mol. The minimum atomic E-state index is -0.486. The van der Waals surface area contributed by atoms with Crippen LogP contribution in [0.25, 0.3) is 11.1 Å². The molecule has 0 saturated carbocycles. The van der Waals surface area contributed by atoms with Gasteiger partial charge in [-0.2, -0.15) is 0 Å². The third-order valence-corrected chi connectivity index (χ3v) is 3.47. The molecule has 118 valence electrons. The molecule has 1 aromatic heterocycles. The van der Waals surface area contributed by atoms with Gasteiger partial charge < -0.3 is 9.73 Å². The van der Waals surface area contributed by atoms with Crippen molar-refractivity contribution >= 4 is 17.0 Å². The molecule has 1 amide bonds. The van der Waals surface area contributed by atoms with Crippen LogP contribution < -0.4 is 11.1 Å². The van der Waals surface area contributed by atoms with E-state index in [0.717, 1.165) is 5.56 Å². The van der Waals surface area contributed by atoms with E-state index in [4.69, 9.17) is 4.42 Å². The number of aromatic nitrogens is 1. The molecule has 0 saturated heterocycles. The summed E-state index contributed by atoms with van der Waals surface area (Å²) in [6.45, 7) is 0.460. The minimum Gasteiger partial charge on any atom is -0.408 e. The number of oxazole rings is 1. The second-order valence-electron chi connectivity index (χ2n) is 5.25. The quantitative estimate of drug-likeness (QED) is 0.758. The summed E-state index contributed by atoms with van der Waals surface area (Å²) < 4.78 is 18.0. The first-order valence-electron chi connectivity index (χ1n) is 7.23. The third kappa shape index (κ3) is 3.85. The van der Waals surface area contributed by atoms with Crippen LogP contribution in [0.5, 0.6) is 0 Å². The van der Waals surface area contributed by atoms with Gasteiger partial charge in [0.15, 0.2) is 5.58 Å². The number of rotatable bonds is 5. The Labute approximate surface area is 131 Å². The fourth-order valence-electron chi connectivity index (χ4n) is 2.40. The summed E-state index contributed by atoms with van der Waals surface area (Å²) in [7, 11) is 0. The standard InChI is InChI=1S/C17H15FN2O3/c18-13-3-1-2-12(8-13)10-16(21)19-7-6-11-4-5-15-14(9-11)20-17(22)23-15/h1-5,8-9H,6-7,10H2,(H,19,21)(H,20,22). The highest BCUT2D eigenvalue weighted by molar-refractivity contribution is 5.78. The highest BCUT2D eigenvalue weighted by atomic mass is 19.1. The summed E-state index contributed by atoms with van der Waals surface area (Å²) >= 11 is 0. The van der Waals surface area contributed by atoms with E-state index in [2.05, 4.69) is 10.3 Å². The van der Waals surface area contributed by atoms with E-state index >= 15 is 0 Å². The van der Waals surface area contributed by atoms with Gasteiger partial charge in [0.2, 0.25) is 5.91 Å². The Morgan fingerprint density at radius 3 is 2.87 bits per heavy atom. The van der Waals surface area contributed by atoms with Gasteiger partial charge in [-0.1, -0.05) is 18.2 Å². The number of fused-ring (bicyclic) bond motifs is 1. The summed E-state index contributed by atoms with van der Waals surface area (Å²) in [6, 6.07) is 11.4. The zero-order chi connectivity index (χ0) is 16.2. The summed E-state index contributed by atoms with van der Waals surface area (Å²) in [5.41, 5.74) is 2.76. The molecule has 5 nitrogen and oxygen atoms in total. The average molecular weight is 314 g/mol. The second kappa shape index (κ2) is 6.48. The van der Waals surface area contributed by atoms with Gasteiger partial charge in [-0.15, -0.1) is 0 Å². The molecule has 0 spiro atoms. The number of nitrogens with one attached hydrogen (secondary N) is 2. The van der Waals surface area contributed by atoms with Gasteiger partial charge in [-0.3, -0.25) is 9.78 Å². The van der Waals surface area contributed by atoms with E-state index in [-0.39, 0.29) is 18.1 Å². The highest BCUT2D eigenvalue weighted by Gasteiger charge is 2.05. The number of hydrogen-bond acceptors (Lipinski definition) is 3. The fourth-order valence-corrected chi connectivity index (χ4v) is 2.40. The lowest BCUT2D eigenvalue weighted by Gasteiger charge is -2.06. The molecule has 0 atom stereocenters. The molecule has 0 aliphatic rings. The second-order valence-corrected chi connectivity index (χ2v) is 5.25. The van der Waals surface area contributed by atoms with E-state index in [1.54, 1.807) is 18.2 Å². The lowest BCUT2D eigenvalue weighted by molar-refractivity contribution is -0.120. The third-order valence-electron chi connectivity index (χ3n) is 3.47. The minimum absolute atomic E-state index is 0.145. The van der Waals surface area contributed by atoms with Gasteiger partial charge in [0, 0.05) is 6.54 Å². The number of carbonyl (C=O) groups is 1. The molecular weight excluding hydrogens is 299 g/mol. The van der Waals surface area contributed by atoms with E-state index in [1.807, 2.05) is 12.1 Å². The van der Waals surface area contributed by atoms with Crippen LogP contribution in [0.4, 0.5) is 4.39 Å². The van der Waals surface area contributed by atoms with Crippen LogP contribution in [0, 0.1) is 5.82 Å². The molecule has 0 aliphatic heterocycles. The highest BCUT2D eigenvalue weighted by Crippen LogP contribution is 2.12. The van der Waals surface area contributed by atoms with E-state index in [9.17, 15) is 14.0 Å². The van der Waals surface area contributed by atoms with Gasteiger partial charge in [0.05, 0.1) is 11.9 Å². The summed E-state index contributed by atoms with van der Waals surface area (Å²) in [5.74, 6) is -0.994. The lowest BCUT2D eigenvalue weighted by Crippen LogP contribution is -2.27. The van der Waals surface area contributed by atoms with Crippen molar-refractivity contribution in [3.63, 3.8) is 0 Å². The molecule has 1 heterocycles. The van der Waals surface area contributed by atoms with Crippen molar-refractivity contribution < 1.29 is 13.6 Å². The lowest BCUT2D eigenvalue weighted by atomic mass is 10.1. The normalized spacial score (nSPS) is 10.8. The van der Waals surface area contributed by atoms with Gasteiger partial charge >= 0.3 is 5.76 Å². The molecule has 2 N–H and O–H groups in total. The first kappa shape index (κ1) is 15.0. The Kier molecular flexibility index (Phi) is 4.23. The molecule has 3 aromatic rings. The van der Waals surface area contributed by atoms with Gasteiger partial charge in [-0.25, -0.2) is 9.18 Å². The van der Waals surface area contributed by atoms with E-state index in [1.165, 1.54) is 12.1 Å². The fraction of sp³-hybridized carbons (Fsp3) is 0.176. The number of carbonyl (C=O) groups excluding carboxylic acids is 1. The topological polar surface area (TPSA) is 75.1 Å². The zero-order valence-electron chi connectivity index (χ0n) is 12.3. The van der Waals surface area contributed by atoms with Gasteiger partial charge in [-0.05, 0) is 41.8 Å². The number of H-pyrrole nitrogens is 1. The molecule has 0 aliphatic carbocycles. The Bertz CT molecular complexity index is 898. The molecule has 0 fully saturated rings. The van der Waals surface area contributed by atoms with Crippen LogP contribution in [0.2, 0.25) is 0 Å². The molecule has 2 aromatic carbocycles. The molecule has 6 heteroatoms. The van der Waals surface area contributed by atoms with Gasteiger partial charge in [0.25, 0.3) is 0 Å². The van der Waals surface area contributed by atoms with Crippen molar-refractivity contribution in [3.05, 3.63) is 70.0 Å². The van der Waals surface area contributed by atoms with Crippen LogP contribution in [0.3, 0.4) is 0 Å². The van der Waals surface area contributed by atoms with Crippen LogP contribution >= 0.6 is 0 Å². The summed E-state index contributed by atoms with van der Waals surface area (Å²) in [5, 5.41) is 2.80. The predicted octanol–water partition coefficient (Wildman–Crippen LogP) is 2.16. The van der Waals surface area contributed by atoms with Gasteiger partial charge in [0.1, 0.15) is 5.82 Å². The summed E-state index contributed by atoms with van der Waals surface area (Å²) in [6.07, 6.45) is 0.768. The maximum Gasteiger partial charge on any atom is 0.417 e.